The highest BCUT2D eigenvalue weighted by atomic mass is 16.2. The minimum absolute atomic E-state index is 0.131. The fourth-order valence-electron chi connectivity index (χ4n) is 2.40. The molecule has 1 fully saturated rings. The summed E-state index contributed by atoms with van der Waals surface area (Å²) in [5.74, 6) is 2.53. The molecule has 20 heavy (non-hydrogen) atoms. The van der Waals surface area contributed by atoms with Crippen LogP contribution in [0.15, 0.2) is 0 Å². The Morgan fingerprint density at radius 1 is 1.35 bits per heavy atom. The summed E-state index contributed by atoms with van der Waals surface area (Å²) >= 11 is 0. The number of likely N-dealkylation sites (N-methyl/N-ethyl adjacent to an activating group) is 1. The highest BCUT2D eigenvalue weighted by Crippen LogP contribution is 2.23. The van der Waals surface area contributed by atoms with E-state index in [2.05, 4.69) is 27.5 Å². The molecule has 0 aromatic carbocycles. The Kier molecular flexibility index (Phi) is 4.42. The van der Waals surface area contributed by atoms with Gasteiger partial charge in [0.05, 0.1) is 0 Å². The van der Waals surface area contributed by atoms with Gasteiger partial charge in [-0.25, -0.2) is 9.97 Å². The number of aryl methyl sites for hydroxylation is 1. The average Bonchev–Trinajstić information content (AvgIpc) is 2.74. The van der Waals surface area contributed by atoms with Gasteiger partial charge in [-0.2, -0.15) is 0 Å². The van der Waals surface area contributed by atoms with Gasteiger partial charge in [0.2, 0.25) is 5.91 Å². The first kappa shape index (κ1) is 14.6. The van der Waals surface area contributed by atoms with Crippen molar-refractivity contribution in [3.8, 4) is 0 Å². The Bertz CT molecular complexity index is 503. The van der Waals surface area contributed by atoms with Crippen LogP contribution in [0.5, 0.6) is 0 Å². The summed E-state index contributed by atoms with van der Waals surface area (Å²) in [6.07, 6.45) is 2.65. The third-order valence-corrected chi connectivity index (χ3v) is 3.64. The number of hydrogen-bond donors (Lipinski definition) is 2. The molecular formula is C14H23N5O. The Labute approximate surface area is 120 Å². The molecule has 0 radical (unpaired) electrons. The van der Waals surface area contributed by atoms with Crippen molar-refractivity contribution in [2.75, 3.05) is 31.3 Å². The first-order valence-corrected chi connectivity index (χ1v) is 7.13. The maximum atomic E-state index is 12.0. The summed E-state index contributed by atoms with van der Waals surface area (Å²) in [6, 6.07) is -0.173. The molecule has 6 nitrogen and oxygen atoms in total. The summed E-state index contributed by atoms with van der Waals surface area (Å²) in [7, 11) is 3.68. The second kappa shape index (κ2) is 6.07. The Morgan fingerprint density at radius 3 is 2.60 bits per heavy atom. The van der Waals surface area contributed by atoms with Crippen molar-refractivity contribution in [2.45, 2.75) is 39.2 Å². The predicted molar refractivity (Wildman–Crippen MR) is 80.0 cm³/mol. The Hall–Kier alpha value is -1.85. The van der Waals surface area contributed by atoms with Crippen LogP contribution in [0.25, 0.3) is 0 Å². The monoisotopic (exact) mass is 277 g/mol. The summed E-state index contributed by atoms with van der Waals surface area (Å²) in [5, 5.41) is 6.37. The van der Waals surface area contributed by atoms with Crippen molar-refractivity contribution in [2.24, 2.45) is 0 Å². The number of carbonyl (C=O) groups excluding carboxylic acids is 1. The van der Waals surface area contributed by atoms with Gasteiger partial charge in [0.1, 0.15) is 23.5 Å². The van der Waals surface area contributed by atoms with E-state index in [4.69, 9.17) is 0 Å². The van der Waals surface area contributed by atoms with Crippen molar-refractivity contribution in [1.29, 1.82) is 0 Å². The molecule has 2 N–H and O–H groups in total. The maximum absolute atomic E-state index is 12.0. The van der Waals surface area contributed by atoms with Crippen LogP contribution in [0.1, 0.15) is 31.2 Å². The normalized spacial score (nSPS) is 18.5. The van der Waals surface area contributed by atoms with Gasteiger partial charge in [-0.15, -0.1) is 0 Å². The Morgan fingerprint density at radius 2 is 2.05 bits per heavy atom. The third kappa shape index (κ3) is 2.84. The zero-order valence-electron chi connectivity index (χ0n) is 12.7. The van der Waals surface area contributed by atoms with Crippen LogP contribution in [-0.4, -0.2) is 47.5 Å². The number of aromatic nitrogens is 2. The van der Waals surface area contributed by atoms with Crippen LogP contribution in [0.2, 0.25) is 0 Å². The van der Waals surface area contributed by atoms with E-state index in [9.17, 15) is 4.79 Å². The first-order chi connectivity index (χ1) is 9.56. The molecule has 1 aliphatic rings. The van der Waals surface area contributed by atoms with Crippen molar-refractivity contribution in [3.05, 3.63) is 11.4 Å². The lowest BCUT2D eigenvalue weighted by molar-refractivity contribution is -0.127. The molecule has 110 valence electrons. The fourth-order valence-corrected chi connectivity index (χ4v) is 2.40. The summed E-state index contributed by atoms with van der Waals surface area (Å²) < 4.78 is 0. The largest absolute Gasteiger partial charge is 0.373 e. The third-order valence-electron chi connectivity index (χ3n) is 3.64. The van der Waals surface area contributed by atoms with Crippen molar-refractivity contribution < 1.29 is 4.79 Å². The van der Waals surface area contributed by atoms with Gasteiger partial charge >= 0.3 is 0 Å². The van der Waals surface area contributed by atoms with Gasteiger partial charge in [0.25, 0.3) is 0 Å². The van der Waals surface area contributed by atoms with Crippen molar-refractivity contribution in [1.82, 2.24) is 14.9 Å². The topological polar surface area (TPSA) is 70.2 Å². The second-order valence-corrected chi connectivity index (χ2v) is 5.21. The van der Waals surface area contributed by atoms with E-state index in [1.54, 1.807) is 4.90 Å². The maximum Gasteiger partial charge on any atom is 0.244 e. The molecule has 6 heteroatoms. The van der Waals surface area contributed by atoms with Gasteiger partial charge in [0.15, 0.2) is 0 Å². The van der Waals surface area contributed by atoms with E-state index in [0.29, 0.717) is 0 Å². The molecule has 0 aliphatic carbocycles. The van der Waals surface area contributed by atoms with Crippen LogP contribution in [0, 0.1) is 6.92 Å². The lowest BCUT2D eigenvalue weighted by Crippen LogP contribution is -2.31. The number of nitrogens with zero attached hydrogens (tertiary/aromatic N) is 3. The number of hydrogen-bond acceptors (Lipinski definition) is 5. The zero-order valence-corrected chi connectivity index (χ0v) is 12.7. The second-order valence-electron chi connectivity index (χ2n) is 5.21. The van der Waals surface area contributed by atoms with Gasteiger partial charge < -0.3 is 15.5 Å². The molecule has 0 saturated carbocycles. The summed E-state index contributed by atoms with van der Waals surface area (Å²) in [4.78, 5) is 22.8. The molecule has 1 unspecified atom stereocenters. The highest BCUT2D eigenvalue weighted by Gasteiger charge is 2.29. The number of likely N-dealkylation sites (tertiary alicyclic amines) is 1. The first-order valence-electron chi connectivity index (χ1n) is 7.13. The van der Waals surface area contributed by atoms with Gasteiger partial charge in [-0.3, -0.25) is 4.79 Å². The van der Waals surface area contributed by atoms with E-state index in [1.807, 2.05) is 21.0 Å². The quantitative estimate of drug-likeness (QED) is 0.852. The van der Waals surface area contributed by atoms with Crippen LogP contribution in [0.4, 0.5) is 11.6 Å². The SMILES string of the molecule is CCCc1nc(NC)c(C)c(NC2CCN(C)C2=O)n1. The number of amides is 1. The van der Waals surface area contributed by atoms with E-state index in [-0.39, 0.29) is 11.9 Å². The molecule has 1 atom stereocenters. The van der Waals surface area contributed by atoms with E-state index in [0.717, 1.165) is 48.8 Å². The molecule has 1 aliphatic heterocycles. The molecule has 0 spiro atoms. The van der Waals surface area contributed by atoms with Crippen molar-refractivity contribution in [3.63, 3.8) is 0 Å². The molecule has 1 aromatic rings. The zero-order chi connectivity index (χ0) is 14.7. The smallest absolute Gasteiger partial charge is 0.244 e. The molecule has 1 aromatic heterocycles. The standard InChI is InChI=1S/C14H23N5O/c1-5-6-11-17-12(15-3)9(2)13(18-11)16-10-7-8-19(4)14(10)20/h10H,5-8H2,1-4H3,(H2,15,16,17,18). The lowest BCUT2D eigenvalue weighted by Gasteiger charge is -2.17. The van der Waals surface area contributed by atoms with Crippen LogP contribution in [-0.2, 0) is 11.2 Å². The van der Waals surface area contributed by atoms with Crippen LogP contribution < -0.4 is 10.6 Å². The van der Waals surface area contributed by atoms with Crippen molar-refractivity contribution >= 4 is 17.5 Å². The predicted octanol–water partition coefficient (Wildman–Crippen LogP) is 1.42. The number of nitrogens with one attached hydrogen (secondary N) is 2. The summed E-state index contributed by atoms with van der Waals surface area (Å²) in [6.45, 7) is 4.86. The van der Waals surface area contributed by atoms with Crippen LogP contribution >= 0.6 is 0 Å². The van der Waals surface area contributed by atoms with Gasteiger partial charge in [-0.05, 0) is 19.8 Å². The molecule has 2 rings (SSSR count). The molecular weight excluding hydrogens is 254 g/mol. The van der Waals surface area contributed by atoms with E-state index < -0.39 is 0 Å². The minimum Gasteiger partial charge on any atom is -0.373 e. The fraction of sp³-hybridized carbons (Fsp3) is 0.643. The molecule has 1 saturated heterocycles. The number of rotatable bonds is 5. The van der Waals surface area contributed by atoms with E-state index in [1.165, 1.54) is 0 Å². The van der Waals surface area contributed by atoms with Crippen LogP contribution in [0.3, 0.4) is 0 Å². The van der Waals surface area contributed by atoms with Gasteiger partial charge in [0, 0.05) is 32.6 Å². The number of anilines is 2. The minimum atomic E-state index is -0.173. The molecule has 1 amide bonds. The lowest BCUT2D eigenvalue weighted by atomic mass is 10.2. The van der Waals surface area contributed by atoms with Gasteiger partial charge in [-0.1, -0.05) is 6.92 Å². The number of carbonyl (C=O) groups is 1. The summed E-state index contributed by atoms with van der Waals surface area (Å²) in [5.41, 5.74) is 0.953. The highest BCUT2D eigenvalue weighted by molar-refractivity contribution is 5.86. The Balaban J connectivity index is 2.25. The van der Waals surface area contributed by atoms with E-state index >= 15 is 0 Å². The molecule has 0 bridgehead atoms. The average molecular weight is 277 g/mol. The molecule has 2 heterocycles.